The van der Waals surface area contributed by atoms with Crippen LogP contribution in [-0.4, -0.2) is 20.1 Å². The van der Waals surface area contributed by atoms with Crippen molar-refractivity contribution in [1.82, 2.24) is 14.8 Å². The maximum atomic E-state index is 4.38. The Balaban J connectivity index is 2.06. The molecule has 0 spiro atoms. The van der Waals surface area contributed by atoms with Gasteiger partial charge in [0.05, 0.1) is 0 Å². The lowest BCUT2D eigenvalue weighted by atomic mass is 9.68. The summed E-state index contributed by atoms with van der Waals surface area (Å²) in [6.07, 6.45) is 7.92. The van der Waals surface area contributed by atoms with Crippen LogP contribution in [0.25, 0.3) is 0 Å². The standard InChI is InChI=1S/C11H18BrN3/c1-2-6-15-10(13-9-14-15)7-11(8-12)4-3-5-11/h9H,2-8H2,1H3. The molecule has 1 aromatic rings. The van der Waals surface area contributed by atoms with Crippen molar-refractivity contribution in [3.63, 3.8) is 0 Å². The molecular formula is C11H18BrN3. The van der Waals surface area contributed by atoms with Gasteiger partial charge in [0.2, 0.25) is 0 Å². The molecule has 1 aliphatic rings. The molecule has 1 fully saturated rings. The number of nitrogens with zero attached hydrogens (tertiary/aromatic N) is 3. The SMILES string of the molecule is CCCn1ncnc1CC1(CBr)CCC1. The number of rotatable bonds is 5. The Labute approximate surface area is 99.4 Å². The van der Waals surface area contributed by atoms with Gasteiger partial charge in [0, 0.05) is 18.3 Å². The van der Waals surface area contributed by atoms with E-state index >= 15 is 0 Å². The first kappa shape index (κ1) is 11.1. The van der Waals surface area contributed by atoms with Crippen LogP contribution in [0.5, 0.6) is 0 Å². The smallest absolute Gasteiger partial charge is 0.138 e. The molecule has 4 heteroatoms. The molecule has 0 radical (unpaired) electrons. The second-order valence-electron chi connectivity index (χ2n) is 4.56. The van der Waals surface area contributed by atoms with Gasteiger partial charge in [0.1, 0.15) is 12.2 Å². The average Bonchev–Trinajstić information content (AvgIpc) is 2.60. The molecule has 0 N–H and O–H groups in total. The summed E-state index contributed by atoms with van der Waals surface area (Å²) in [5.74, 6) is 1.16. The minimum atomic E-state index is 0.471. The first-order valence-electron chi connectivity index (χ1n) is 5.72. The van der Waals surface area contributed by atoms with E-state index in [1.54, 1.807) is 6.33 Å². The summed E-state index contributed by atoms with van der Waals surface area (Å²) in [4.78, 5) is 4.38. The fourth-order valence-electron chi connectivity index (χ4n) is 2.19. The van der Waals surface area contributed by atoms with Crippen LogP contribution in [0.3, 0.4) is 0 Å². The molecule has 0 amide bonds. The van der Waals surface area contributed by atoms with Crippen LogP contribution < -0.4 is 0 Å². The highest BCUT2D eigenvalue weighted by atomic mass is 79.9. The van der Waals surface area contributed by atoms with E-state index in [1.165, 1.54) is 19.3 Å². The fourth-order valence-corrected chi connectivity index (χ4v) is 2.95. The van der Waals surface area contributed by atoms with Crippen molar-refractivity contribution in [2.45, 2.75) is 45.6 Å². The van der Waals surface area contributed by atoms with E-state index in [4.69, 9.17) is 0 Å². The second kappa shape index (κ2) is 4.64. The number of aryl methyl sites for hydroxylation is 1. The third kappa shape index (κ3) is 2.25. The van der Waals surface area contributed by atoms with Gasteiger partial charge in [-0.25, -0.2) is 4.98 Å². The molecule has 84 valence electrons. The molecule has 0 bridgehead atoms. The van der Waals surface area contributed by atoms with Crippen LogP contribution in [0.2, 0.25) is 0 Å². The molecule has 0 unspecified atom stereocenters. The Kier molecular flexibility index (Phi) is 3.44. The van der Waals surface area contributed by atoms with Crippen molar-refractivity contribution in [2.75, 3.05) is 5.33 Å². The molecule has 1 aromatic heterocycles. The van der Waals surface area contributed by atoms with Gasteiger partial charge in [-0.15, -0.1) is 0 Å². The number of hydrogen-bond acceptors (Lipinski definition) is 2. The normalized spacial score (nSPS) is 18.8. The average molecular weight is 272 g/mol. The van der Waals surface area contributed by atoms with Crippen molar-refractivity contribution in [3.8, 4) is 0 Å². The molecule has 0 aromatic carbocycles. The summed E-state index contributed by atoms with van der Waals surface area (Å²) in [6.45, 7) is 3.17. The quantitative estimate of drug-likeness (QED) is 0.772. The van der Waals surface area contributed by atoms with Crippen molar-refractivity contribution in [2.24, 2.45) is 5.41 Å². The zero-order valence-electron chi connectivity index (χ0n) is 9.25. The lowest BCUT2D eigenvalue weighted by Gasteiger charge is -2.40. The van der Waals surface area contributed by atoms with Gasteiger partial charge in [0.15, 0.2) is 0 Å². The van der Waals surface area contributed by atoms with Gasteiger partial charge in [-0.2, -0.15) is 5.10 Å². The van der Waals surface area contributed by atoms with E-state index in [1.807, 2.05) is 0 Å². The molecule has 1 saturated carbocycles. The summed E-state index contributed by atoms with van der Waals surface area (Å²) in [5, 5.41) is 5.37. The third-order valence-corrected chi connectivity index (χ3v) is 4.55. The molecule has 0 saturated heterocycles. The summed E-state index contributed by atoms with van der Waals surface area (Å²) in [6, 6.07) is 0. The van der Waals surface area contributed by atoms with Crippen molar-refractivity contribution in [1.29, 1.82) is 0 Å². The minimum absolute atomic E-state index is 0.471. The Morgan fingerprint density at radius 2 is 2.33 bits per heavy atom. The summed E-state index contributed by atoms with van der Waals surface area (Å²) in [5.41, 5.74) is 0.471. The van der Waals surface area contributed by atoms with Crippen LogP contribution in [0.4, 0.5) is 0 Å². The Morgan fingerprint density at radius 1 is 1.53 bits per heavy atom. The fraction of sp³-hybridized carbons (Fsp3) is 0.818. The van der Waals surface area contributed by atoms with Gasteiger partial charge >= 0.3 is 0 Å². The van der Waals surface area contributed by atoms with Crippen molar-refractivity contribution >= 4 is 15.9 Å². The maximum absolute atomic E-state index is 4.38. The number of alkyl halides is 1. The Bertz CT molecular complexity index is 312. The van der Waals surface area contributed by atoms with Crippen LogP contribution in [0, 0.1) is 5.41 Å². The Morgan fingerprint density at radius 3 is 2.87 bits per heavy atom. The predicted molar refractivity (Wildman–Crippen MR) is 64.1 cm³/mol. The first-order chi connectivity index (χ1) is 7.29. The van der Waals surface area contributed by atoms with E-state index in [-0.39, 0.29) is 0 Å². The van der Waals surface area contributed by atoms with E-state index in [9.17, 15) is 0 Å². The van der Waals surface area contributed by atoms with E-state index in [2.05, 4.69) is 37.6 Å². The van der Waals surface area contributed by atoms with E-state index in [0.29, 0.717) is 5.41 Å². The molecule has 3 nitrogen and oxygen atoms in total. The summed E-state index contributed by atoms with van der Waals surface area (Å²) in [7, 11) is 0. The Hall–Kier alpha value is -0.380. The summed E-state index contributed by atoms with van der Waals surface area (Å²) < 4.78 is 2.06. The highest BCUT2D eigenvalue weighted by molar-refractivity contribution is 9.09. The number of halogens is 1. The van der Waals surface area contributed by atoms with E-state index < -0.39 is 0 Å². The molecule has 0 aliphatic heterocycles. The lowest BCUT2D eigenvalue weighted by Crippen LogP contribution is -2.34. The van der Waals surface area contributed by atoms with Gasteiger partial charge in [-0.3, -0.25) is 4.68 Å². The number of aromatic nitrogens is 3. The van der Waals surface area contributed by atoms with Gasteiger partial charge in [-0.05, 0) is 24.7 Å². The zero-order valence-corrected chi connectivity index (χ0v) is 10.8. The summed E-state index contributed by atoms with van der Waals surface area (Å²) >= 11 is 3.64. The first-order valence-corrected chi connectivity index (χ1v) is 6.84. The maximum Gasteiger partial charge on any atom is 0.138 e. The molecule has 2 rings (SSSR count). The van der Waals surface area contributed by atoms with Gasteiger partial charge in [0.25, 0.3) is 0 Å². The van der Waals surface area contributed by atoms with E-state index in [0.717, 1.165) is 30.5 Å². The molecule has 1 aliphatic carbocycles. The van der Waals surface area contributed by atoms with Crippen molar-refractivity contribution < 1.29 is 0 Å². The number of hydrogen-bond donors (Lipinski definition) is 0. The minimum Gasteiger partial charge on any atom is -0.250 e. The zero-order chi connectivity index (χ0) is 10.7. The lowest BCUT2D eigenvalue weighted by molar-refractivity contribution is 0.164. The van der Waals surface area contributed by atoms with Gasteiger partial charge in [-0.1, -0.05) is 29.3 Å². The molecule has 0 atom stereocenters. The highest BCUT2D eigenvalue weighted by Gasteiger charge is 2.37. The van der Waals surface area contributed by atoms with Crippen molar-refractivity contribution in [3.05, 3.63) is 12.2 Å². The predicted octanol–water partition coefficient (Wildman–Crippen LogP) is 2.80. The van der Waals surface area contributed by atoms with Gasteiger partial charge < -0.3 is 0 Å². The molecule has 1 heterocycles. The largest absolute Gasteiger partial charge is 0.250 e. The molecule has 15 heavy (non-hydrogen) atoms. The third-order valence-electron chi connectivity index (χ3n) is 3.36. The second-order valence-corrected chi connectivity index (χ2v) is 5.12. The van der Waals surface area contributed by atoms with Crippen LogP contribution >= 0.6 is 15.9 Å². The van der Waals surface area contributed by atoms with Crippen LogP contribution in [-0.2, 0) is 13.0 Å². The van der Waals surface area contributed by atoms with Crippen LogP contribution in [0.1, 0.15) is 38.4 Å². The highest BCUT2D eigenvalue weighted by Crippen LogP contribution is 2.44. The molecular weight excluding hydrogens is 254 g/mol. The van der Waals surface area contributed by atoms with Crippen LogP contribution in [0.15, 0.2) is 6.33 Å². The topological polar surface area (TPSA) is 30.7 Å². The monoisotopic (exact) mass is 271 g/mol.